The van der Waals surface area contributed by atoms with Crippen LogP contribution in [0.2, 0.25) is 0 Å². The van der Waals surface area contributed by atoms with E-state index in [0.717, 1.165) is 23.5 Å². The fourth-order valence-corrected chi connectivity index (χ4v) is 2.18. The molecule has 0 atom stereocenters. The van der Waals surface area contributed by atoms with Crippen LogP contribution in [0.15, 0.2) is 42.9 Å². The molecule has 2 aromatic heterocycles. The van der Waals surface area contributed by atoms with Crippen molar-refractivity contribution >= 4 is 5.69 Å². The maximum atomic E-state index is 9.02. The smallest absolute Gasteiger partial charge is 0.109 e. The van der Waals surface area contributed by atoms with Crippen LogP contribution in [0.3, 0.4) is 0 Å². The first-order valence-electron chi connectivity index (χ1n) is 7.55. The van der Waals surface area contributed by atoms with Gasteiger partial charge in [-0.15, -0.1) is 5.10 Å². The van der Waals surface area contributed by atoms with Crippen LogP contribution in [0.5, 0.6) is 0 Å². The number of rotatable bonds is 6. The molecular weight excluding hydrogens is 292 g/mol. The van der Waals surface area contributed by atoms with E-state index in [1.165, 1.54) is 0 Å². The number of hydrogen-bond acceptors (Lipinski definition) is 5. The van der Waals surface area contributed by atoms with Crippen LogP contribution < -0.4 is 5.32 Å². The molecule has 7 nitrogen and oxygen atoms in total. The summed E-state index contributed by atoms with van der Waals surface area (Å²) in [5.74, 6) is 0. The molecular formula is C16H20N6O. The molecule has 2 heterocycles. The van der Waals surface area contributed by atoms with Gasteiger partial charge in [0.05, 0.1) is 24.7 Å². The van der Waals surface area contributed by atoms with Crippen LogP contribution in [0.25, 0.3) is 5.69 Å². The van der Waals surface area contributed by atoms with Gasteiger partial charge in [0.25, 0.3) is 0 Å². The number of benzene rings is 1. The van der Waals surface area contributed by atoms with Crippen molar-refractivity contribution in [1.82, 2.24) is 24.8 Å². The molecule has 2 N–H and O–H groups in total. The molecule has 23 heavy (non-hydrogen) atoms. The summed E-state index contributed by atoms with van der Waals surface area (Å²) in [6.07, 6.45) is 5.65. The van der Waals surface area contributed by atoms with Crippen LogP contribution in [0.4, 0.5) is 5.69 Å². The van der Waals surface area contributed by atoms with Gasteiger partial charge in [-0.1, -0.05) is 5.21 Å². The minimum absolute atomic E-state index is 0.107. The summed E-state index contributed by atoms with van der Waals surface area (Å²) in [5, 5.41) is 24.6. The molecule has 3 aromatic rings. The van der Waals surface area contributed by atoms with E-state index in [1.807, 2.05) is 35.1 Å². The Balaban J connectivity index is 1.62. The lowest BCUT2D eigenvalue weighted by molar-refractivity contribution is 0.276. The second-order valence-electron chi connectivity index (χ2n) is 5.64. The summed E-state index contributed by atoms with van der Waals surface area (Å²) in [6, 6.07) is 8.26. The topological polar surface area (TPSA) is 80.8 Å². The maximum absolute atomic E-state index is 9.02. The number of nitrogens with zero attached hydrogens (tertiary/aromatic N) is 5. The third-order valence-electron chi connectivity index (χ3n) is 3.52. The van der Waals surface area contributed by atoms with Crippen molar-refractivity contribution in [1.29, 1.82) is 0 Å². The second-order valence-corrected chi connectivity index (χ2v) is 5.64. The number of nitrogens with one attached hydrogen (secondary N) is 1. The molecule has 120 valence electrons. The number of anilines is 1. The maximum Gasteiger partial charge on any atom is 0.109 e. The quantitative estimate of drug-likeness (QED) is 0.729. The highest BCUT2D eigenvalue weighted by Gasteiger charge is 2.03. The highest BCUT2D eigenvalue weighted by Crippen LogP contribution is 2.14. The van der Waals surface area contributed by atoms with Crippen LogP contribution in [-0.2, 0) is 13.2 Å². The van der Waals surface area contributed by atoms with Gasteiger partial charge in [-0.3, -0.25) is 4.68 Å². The van der Waals surface area contributed by atoms with Crippen LogP contribution in [0.1, 0.15) is 31.1 Å². The summed E-state index contributed by atoms with van der Waals surface area (Å²) in [5.41, 5.74) is 3.62. The minimum atomic E-state index is -0.107. The van der Waals surface area contributed by atoms with Gasteiger partial charge in [-0.2, -0.15) is 5.10 Å². The molecule has 3 rings (SSSR count). The number of aliphatic hydroxyl groups excluding tert-OH is 1. The molecule has 0 unspecified atom stereocenters. The monoisotopic (exact) mass is 312 g/mol. The molecule has 7 heteroatoms. The predicted molar refractivity (Wildman–Crippen MR) is 87.2 cm³/mol. The zero-order chi connectivity index (χ0) is 16.2. The van der Waals surface area contributed by atoms with Crippen molar-refractivity contribution in [3.05, 3.63) is 54.1 Å². The van der Waals surface area contributed by atoms with Crippen molar-refractivity contribution < 1.29 is 5.11 Å². The Kier molecular flexibility index (Phi) is 4.38. The second kappa shape index (κ2) is 6.62. The van der Waals surface area contributed by atoms with Gasteiger partial charge in [0.2, 0.25) is 0 Å². The average molecular weight is 312 g/mol. The third-order valence-corrected chi connectivity index (χ3v) is 3.52. The van der Waals surface area contributed by atoms with E-state index in [-0.39, 0.29) is 6.61 Å². The van der Waals surface area contributed by atoms with E-state index in [0.29, 0.717) is 11.7 Å². The summed E-state index contributed by atoms with van der Waals surface area (Å²) in [7, 11) is 0. The highest BCUT2D eigenvalue weighted by atomic mass is 16.3. The van der Waals surface area contributed by atoms with Gasteiger partial charge in [0.1, 0.15) is 5.69 Å². The van der Waals surface area contributed by atoms with E-state index < -0.39 is 0 Å². The number of aliphatic hydroxyl groups is 1. The van der Waals surface area contributed by atoms with Gasteiger partial charge in [0.15, 0.2) is 0 Å². The third kappa shape index (κ3) is 3.57. The molecule has 0 saturated carbocycles. The van der Waals surface area contributed by atoms with Crippen LogP contribution in [-0.4, -0.2) is 29.9 Å². The largest absolute Gasteiger partial charge is 0.390 e. The first-order valence-corrected chi connectivity index (χ1v) is 7.55. The zero-order valence-electron chi connectivity index (χ0n) is 13.2. The van der Waals surface area contributed by atoms with Gasteiger partial charge in [0, 0.05) is 30.0 Å². The minimum Gasteiger partial charge on any atom is -0.390 e. The van der Waals surface area contributed by atoms with E-state index in [4.69, 9.17) is 5.11 Å². The van der Waals surface area contributed by atoms with Crippen molar-refractivity contribution in [2.24, 2.45) is 0 Å². The molecule has 0 aliphatic carbocycles. The lowest BCUT2D eigenvalue weighted by Gasteiger charge is -2.06. The van der Waals surface area contributed by atoms with Crippen LogP contribution >= 0.6 is 0 Å². The number of hydrogen-bond donors (Lipinski definition) is 2. The van der Waals surface area contributed by atoms with Crippen LogP contribution in [0, 0.1) is 0 Å². The summed E-state index contributed by atoms with van der Waals surface area (Å²) in [4.78, 5) is 0. The Morgan fingerprint density at radius 3 is 2.57 bits per heavy atom. The van der Waals surface area contributed by atoms with E-state index in [9.17, 15) is 0 Å². The van der Waals surface area contributed by atoms with E-state index in [1.54, 1.807) is 10.9 Å². The average Bonchev–Trinajstić information content (AvgIpc) is 3.23. The van der Waals surface area contributed by atoms with E-state index >= 15 is 0 Å². The normalized spacial score (nSPS) is 11.1. The van der Waals surface area contributed by atoms with Gasteiger partial charge in [-0.25, -0.2) is 4.68 Å². The molecule has 0 saturated heterocycles. The molecule has 0 bridgehead atoms. The lowest BCUT2D eigenvalue weighted by Crippen LogP contribution is -2.01. The molecule has 0 fully saturated rings. The van der Waals surface area contributed by atoms with Crippen molar-refractivity contribution in [2.45, 2.75) is 33.0 Å². The van der Waals surface area contributed by atoms with Crippen molar-refractivity contribution in [2.75, 3.05) is 5.32 Å². The van der Waals surface area contributed by atoms with Crippen molar-refractivity contribution in [3.63, 3.8) is 0 Å². The van der Waals surface area contributed by atoms with Gasteiger partial charge >= 0.3 is 0 Å². The Hall–Kier alpha value is -2.67. The first kappa shape index (κ1) is 15.2. The molecule has 0 spiro atoms. The summed E-state index contributed by atoms with van der Waals surface area (Å²) in [6.45, 7) is 4.83. The number of aromatic nitrogens is 5. The molecule has 0 aliphatic rings. The predicted octanol–water partition coefficient (Wildman–Crippen LogP) is 2.15. The van der Waals surface area contributed by atoms with Crippen molar-refractivity contribution in [3.8, 4) is 5.69 Å². The van der Waals surface area contributed by atoms with E-state index in [2.05, 4.69) is 40.8 Å². The Bertz CT molecular complexity index is 759. The summed E-state index contributed by atoms with van der Waals surface area (Å²) < 4.78 is 3.59. The molecule has 0 radical (unpaired) electrons. The standard InChI is InChI=1S/C16H20N6O/c1-12(2)21-9-13(8-18-21)7-17-14-3-5-16(6-4-14)22-10-15(11-23)19-20-22/h3-6,8-10,12,17,23H,7,11H2,1-2H3. The zero-order valence-corrected chi connectivity index (χ0v) is 13.2. The SMILES string of the molecule is CC(C)n1cc(CNc2ccc(-n3cc(CO)nn3)cc2)cn1. The fourth-order valence-electron chi connectivity index (χ4n) is 2.18. The molecule has 1 aromatic carbocycles. The molecule has 0 amide bonds. The Morgan fingerprint density at radius 1 is 1.17 bits per heavy atom. The Morgan fingerprint density at radius 2 is 1.96 bits per heavy atom. The Labute approximate surface area is 134 Å². The first-order chi connectivity index (χ1) is 11.2. The fraction of sp³-hybridized carbons (Fsp3) is 0.312. The van der Waals surface area contributed by atoms with Gasteiger partial charge < -0.3 is 10.4 Å². The lowest BCUT2D eigenvalue weighted by atomic mass is 10.2. The highest BCUT2D eigenvalue weighted by molar-refractivity contribution is 5.48. The van der Waals surface area contributed by atoms with Gasteiger partial charge in [-0.05, 0) is 38.1 Å². The molecule has 0 aliphatic heterocycles. The summed E-state index contributed by atoms with van der Waals surface area (Å²) >= 11 is 0.